The van der Waals surface area contributed by atoms with Crippen molar-refractivity contribution in [1.82, 2.24) is 0 Å². The number of oxime groups is 1. The van der Waals surface area contributed by atoms with Crippen LogP contribution in [0, 0.1) is 10.1 Å². The number of carbonyl (C=O) groups excluding carboxylic acids is 1. The van der Waals surface area contributed by atoms with Crippen molar-refractivity contribution in [2.24, 2.45) is 5.16 Å². The van der Waals surface area contributed by atoms with E-state index in [1.54, 1.807) is 25.3 Å². The third-order valence-electron chi connectivity index (χ3n) is 3.86. The predicted molar refractivity (Wildman–Crippen MR) is 92.7 cm³/mol. The summed E-state index contributed by atoms with van der Waals surface area (Å²) in [7, 11) is 1.56. The van der Waals surface area contributed by atoms with Gasteiger partial charge in [0.15, 0.2) is 0 Å². The topological polar surface area (TPSA) is 100 Å². The molecule has 0 N–H and O–H groups in total. The highest BCUT2D eigenvalue weighted by molar-refractivity contribution is 6.04. The Labute approximate surface area is 149 Å². The highest BCUT2D eigenvalue weighted by atomic mass is 16.7. The zero-order valence-electron chi connectivity index (χ0n) is 14.2. The van der Waals surface area contributed by atoms with Gasteiger partial charge in [0.2, 0.25) is 0 Å². The molecule has 8 heteroatoms. The Morgan fingerprint density at radius 2 is 2.00 bits per heavy atom. The molecular formula is C18H16N2O6. The lowest BCUT2D eigenvalue weighted by Crippen LogP contribution is -2.25. The Balaban J connectivity index is 1.80. The van der Waals surface area contributed by atoms with Crippen LogP contribution in [0.1, 0.15) is 29.3 Å². The average molecular weight is 356 g/mol. The minimum Gasteiger partial charge on any atom is -0.497 e. The number of non-ortho nitro benzene ring substituents is 1. The average Bonchev–Trinajstić information content (AvgIpc) is 2.65. The number of nitro groups is 1. The molecule has 0 radical (unpaired) electrons. The quantitative estimate of drug-likeness (QED) is 0.473. The first kappa shape index (κ1) is 17.4. The maximum atomic E-state index is 12.1. The molecule has 134 valence electrons. The second kappa shape index (κ2) is 7.22. The summed E-state index contributed by atoms with van der Waals surface area (Å²) in [6.45, 7) is 1.89. The fourth-order valence-corrected chi connectivity index (χ4v) is 2.56. The Kier molecular flexibility index (Phi) is 4.83. The van der Waals surface area contributed by atoms with Crippen molar-refractivity contribution in [3.8, 4) is 11.5 Å². The molecular weight excluding hydrogens is 340 g/mol. The van der Waals surface area contributed by atoms with E-state index in [4.69, 9.17) is 14.3 Å². The van der Waals surface area contributed by atoms with Gasteiger partial charge in [0.25, 0.3) is 5.69 Å². The van der Waals surface area contributed by atoms with Crippen molar-refractivity contribution in [1.29, 1.82) is 0 Å². The van der Waals surface area contributed by atoms with Crippen LogP contribution in [0.2, 0.25) is 0 Å². The predicted octanol–water partition coefficient (Wildman–Crippen LogP) is 3.34. The van der Waals surface area contributed by atoms with Crippen molar-refractivity contribution < 1.29 is 24.0 Å². The van der Waals surface area contributed by atoms with Crippen LogP contribution in [0.4, 0.5) is 5.69 Å². The number of nitro benzene ring substituents is 1. The summed E-state index contributed by atoms with van der Waals surface area (Å²) in [4.78, 5) is 27.3. The van der Waals surface area contributed by atoms with Crippen molar-refractivity contribution in [2.75, 3.05) is 7.11 Å². The molecule has 0 fully saturated rings. The fourth-order valence-electron chi connectivity index (χ4n) is 2.56. The number of carbonyl (C=O) groups is 1. The van der Waals surface area contributed by atoms with Crippen molar-refractivity contribution in [2.45, 2.75) is 19.4 Å². The van der Waals surface area contributed by atoms with Crippen LogP contribution >= 0.6 is 0 Å². The first-order valence-corrected chi connectivity index (χ1v) is 7.85. The minimum atomic E-state index is -0.693. The SMILES string of the molecule is COc1ccc2c(c1)O[C@H](C)C/C2=N\OC(=O)c1ccc([N+](=O)[O-])cc1. The van der Waals surface area contributed by atoms with E-state index in [9.17, 15) is 14.9 Å². The number of hydrogen-bond acceptors (Lipinski definition) is 7. The summed E-state index contributed by atoms with van der Waals surface area (Å²) in [5.41, 5.74) is 1.38. The number of hydrogen-bond donors (Lipinski definition) is 0. The maximum Gasteiger partial charge on any atom is 0.365 e. The molecule has 0 bridgehead atoms. The summed E-state index contributed by atoms with van der Waals surface area (Å²) in [5.74, 6) is 0.565. The number of nitrogens with zero attached hydrogens (tertiary/aromatic N) is 2. The molecule has 1 aliphatic heterocycles. The highest BCUT2D eigenvalue weighted by Crippen LogP contribution is 2.31. The van der Waals surface area contributed by atoms with E-state index in [1.165, 1.54) is 24.3 Å². The van der Waals surface area contributed by atoms with Crippen LogP contribution in [0.3, 0.4) is 0 Å². The molecule has 0 saturated carbocycles. The van der Waals surface area contributed by atoms with E-state index in [-0.39, 0.29) is 17.4 Å². The van der Waals surface area contributed by atoms with Crippen molar-refractivity contribution >= 4 is 17.4 Å². The maximum absolute atomic E-state index is 12.1. The van der Waals surface area contributed by atoms with Gasteiger partial charge in [-0.1, -0.05) is 5.16 Å². The lowest BCUT2D eigenvalue weighted by molar-refractivity contribution is -0.384. The standard InChI is InChI=1S/C18H16N2O6/c1-11-9-16(15-8-7-14(24-2)10-17(15)25-11)19-26-18(21)12-3-5-13(6-4-12)20(22)23/h3-8,10-11H,9H2,1-2H3/b19-16+/t11-/m1/s1. The van der Waals surface area contributed by atoms with Gasteiger partial charge in [-0.05, 0) is 31.2 Å². The van der Waals surface area contributed by atoms with Crippen molar-refractivity contribution in [3.63, 3.8) is 0 Å². The van der Waals surface area contributed by atoms with Gasteiger partial charge in [0.1, 0.15) is 17.6 Å². The molecule has 0 unspecified atom stereocenters. The summed E-state index contributed by atoms with van der Waals surface area (Å²) in [6, 6.07) is 10.4. The third-order valence-corrected chi connectivity index (χ3v) is 3.86. The molecule has 3 rings (SSSR count). The second-order valence-electron chi connectivity index (χ2n) is 5.72. The van der Waals surface area contributed by atoms with Crippen LogP contribution in [0.15, 0.2) is 47.6 Å². The van der Waals surface area contributed by atoms with E-state index >= 15 is 0 Å². The summed E-state index contributed by atoms with van der Waals surface area (Å²) < 4.78 is 10.9. The lowest BCUT2D eigenvalue weighted by atomic mass is 10.0. The number of methoxy groups -OCH3 is 1. The van der Waals surface area contributed by atoms with E-state index < -0.39 is 10.9 Å². The molecule has 1 aliphatic rings. The lowest BCUT2D eigenvalue weighted by Gasteiger charge is -2.24. The van der Waals surface area contributed by atoms with Gasteiger partial charge in [-0.25, -0.2) is 4.79 Å². The molecule has 0 aliphatic carbocycles. The summed E-state index contributed by atoms with van der Waals surface area (Å²) in [6.07, 6.45) is 0.346. The number of rotatable bonds is 4. The first-order valence-electron chi connectivity index (χ1n) is 7.85. The number of fused-ring (bicyclic) bond motifs is 1. The molecule has 1 atom stereocenters. The summed E-state index contributed by atoms with van der Waals surface area (Å²) >= 11 is 0. The summed E-state index contributed by atoms with van der Waals surface area (Å²) in [5, 5.41) is 14.6. The second-order valence-corrected chi connectivity index (χ2v) is 5.72. The molecule has 2 aromatic rings. The minimum absolute atomic E-state index is 0.103. The van der Waals surface area contributed by atoms with Crippen LogP contribution in [-0.4, -0.2) is 29.8 Å². The molecule has 8 nitrogen and oxygen atoms in total. The van der Waals surface area contributed by atoms with Gasteiger partial charge in [-0.3, -0.25) is 10.1 Å². The number of benzene rings is 2. The van der Waals surface area contributed by atoms with Crippen LogP contribution < -0.4 is 9.47 Å². The number of ether oxygens (including phenoxy) is 2. The molecule has 26 heavy (non-hydrogen) atoms. The molecule has 0 aromatic heterocycles. The van der Waals surface area contributed by atoms with Gasteiger partial charge in [-0.15, -0.1) is 0 Å². The zero-order valence-corrected chi connectivity index (χ0v) is 14.2. The van der Waals surface area contributed by atoms with Gasteiger partial charge >= 0.3 is 5.97 Å². The molecule has 1 heterocycles. The smallest absolute Gasteiger partial charge is 0.365 e. The molecule has 0 saturated heterocycles. The molecule has 0 spiro atoms. The van der Waals surface area contributed by atoms with E-state index in [0.717, 1.165) is 5.56 Å². The van der Waals surface area contributed by atoms with Crippen molar-refractivity contribution in [3.05, 3.63) is 63.7 Å². The van der Waals surface area contributed by atoms with Gasteiger partial charge in [0, 0.05) is 30.2 Å². The Bertz CT molecular complexity index is 876. The third kappa shape index (κ3) is 3.64. The van der Waals surface area contributed by atoms with E-state index in [0.29, 0.717) is 23.6 Å². The molecule has 0 amide bonds. The fraction of sp³-hybridized carbons (Fsp3) is 0.222. The van der Waals surface area contributed by atoms with E-state index in [1.807, 2.05) is 6.92 Å². The zero-order chi connectivity index (χ0) is 18.7. The monoisotopic (exact) mass is 356 g/mol. The first-order chi connectivity index (χ1) is 12.5. The van der Waals surface area contributed by atoms with Gasteiger partial charge in [-0.2, -0.15) is 0 Å². The normalized spacial score (nSPS) is 17.2. The Morgan fingerprint density at radius 3 is 2.65 bits per heavy atom. The Morgan fingerprint density at radius 1 is 1.27 bits per heavy atom. The van der Waals surface area contributed by atoms with E-state index in [2.05, 4.69) is 5.16 Å². The largest absolute Gasteiger partial charge is 0.497 e. The van der Waals surface area contributed by atoms with Crippen LogP contribution in [-0.2, 0) is 4.84 Å². The highest BCUT2D eigenvalue weighted by Gasteiger charge is 2.24. The van der Waals surface area contributed by atoms with Crippen LogP contribution in [0.25, 0.3) is 0 Å². The molecule has 2 aromatic carbocycles. The van der Waals surface area contributed by atoms with Crippen LogP contribution in [0.5, 0.6) is 11.5 Å². The van der Waals surface area contributed by atoms with Gasteiger partial charge in [0.05, 0.1) is 23.3 Å². The Hall–Kier alpha value is -3.42. The van der Waals surface area contributed by atoms with Gasteiger partial charge < -0.3 is 14.3 Å².